The van der Waals surface area contributed by atoms with Crippen molar-refractivity contribution >= 4 is 15.9 Å². The van der Waals surface area contributed by atoms with Crippen LogP contribution >= 0.6 is 0 Å². The van der Waals surface area contributed by atoms with E-state index >= 15 is 0 Å². The van der Waals surface area contributed by atoms with Crippen LogP contribution in [0.3, 0.4) is 0 Å². The predicted molar refractivity (Wildman–Crippen MR) is 58.9 cm³/mol. The van der Waals surface area contributed by atoms with Gasteiger partial charge in [-0.1, -0.05) is 0 Å². The van der Waals surface area contributed by atoms with Crippen molar-refractivity contribution in [2.45, 2.75) is 32.5 Å². The van der Waals surface area contributed by atoms with Gasteiger partial charge in [-0.25, -0.2) is 13.2 Å². The lowest BCUT2D eigenvalue weighted by Gasteiger charge is -2.19. The van der Waals surface area contributed by atoms with E-state index in [4.69, 9.17) is 4.74 Å². The van der Waals surface area contributed by atoms with E-state index in [-0.39, 0.29) is 0 Å². The van der Waals surface area contributed by atoms with Crippen LogP contribution < -0.4 is 5.32 Å². The van der Waals surface area contributed by atoms with Crippen molar-refractivity contribution in [1.82, 2.24) is 5.32 Å². The smallest absolute Gasteiger partial charge is 0.407 e. The van der Waals surface area contributed by atoms with Crippen molar-refractivity contribution in [2.24, 2.45) is 0 Å². The maximum Gasteiger partial charge on any atom is 0.407 e. The van der Waals surface area contributed by atoms with E-state index in [1.54, 1.807) is 20.8 Å². The monoisotopic (exact) mass is 291 g/mol. The lowest BCUT2D eigenvalue weighted by Crippen LogP contribution is -2.36. The molecule has 0 aromatic rings. The third-order valence-electron chi connectivity index (χ3n) is 1.46. The third kappa shape index (κ3) is 10.2. The topological polar surface area (TPSA) is 72.5 Å². The molecule has 0 aliphatic heterocycles. The van der Waals surface area contributed by atoms with Gasteiger partial charge in [0.15, 0.2) is 9.84 Å². The van der Waals surface area contributed by atoms with E-state index in [0.29, 0.717) is 0 Å². The maximum absolute atomic E-state index is 11.9. The lowest BCUT2D eigenvalue weighted by atomic mass is 10.2. The highest BCUT2D eigenvalue weighted by Crippen LogP contribution is 2.17. The van der Waals surface area contributed by atoms with Gasteiger partial charge in [-0.05, 0) is 20.8 Å². The molecular formula is C9H16F3NO4S. The maximum atomic E-state index is 11.9. The summed E-state index contributed by atoms with van der Waals surface area (Å²) in [6.07, 6.45) is -5.64. The molecule has 0 heterocycles. The molecule has 0 radical (unpaired) electrons. The van der Waals surface area contributed by atoms with Gasteiger partial charge in [0.2, 0.25) is 0 Å². The number of alkyl halides is 3. The molecule has 0 aromatic carbocycles. The number of sulfone groups is 1. The Balaban J connectivity index is 4.09. The van der Waals surface area contributed by atoms with Crippen molar-refractivity contribution < 1.29 is 31.1 Å². The molecule has 0 aliphatic rings. The van der Waals surface area contributed by atoms with Gasteiger partial charge in [0.1, 0.15) is 11.4 Å². The number of alkyl carbamates (subject to hydrolysis) is 1. The zero-order chi connectivity index (χ0) is 14.6. The Kier molecular flexibility index (Phi) is 5.45. The molecular weight excluding hydrogens is 275 g/mol. The fourth-order valence-corrected chi connectivity index (χ4v) is 2.00. The summed E-state index contributed by atoms with van der Waals surface area (Å²) in [6.45, 7) is 4.39. The minimum absolute atomic E-state index is 0.423. The summed E-state index contributed by atoms with van der Waals surface area (Å²) < 4.78 is 62.4. The molecule has 0 fully saturated rings. The van der Waals surface area contributed by atoms with E-state index in [1.807, 2.05) is 0 Å². The third-order valence-corrected chi connectivity index (χ3v) is 3.06. The van der Waals surface area contributed by atoms with Gasteiger partial charge in [-0.2, -0.15) is 13.2 Å². The number of amides is 1. The van der Waals surface area contributed by atoms with E-state index in [1.165, 1.54) is 0 Å². The van der Waals surface area contributed by atoms with Gasteiger partial charge < -0.3 is 10.1 Å². The molecule has 0 bridgehead atoms. The first-order valence-corrected chi connectivity index (χ1v) is 6.87. The number of hydrogen-bond acceptors (Lipinski definition) is 4. The normalized spacial score (nSPS) is 13.2. The Bertz CT molecular complexity index is 384. The van der Waals surface area contributed by atoms with Gasteiger partial charge in [0, 0.05) is 6.54 Å². The van der Waals surface area contributed by atoms with Crippen LogP contribution in [0.4, 0.5) is 18.0 Å². The van der Waals surface area contributed by atoms with E-state index in [0.717, 1.165) is 0 Å². The summed E-state index contributed by atoms with van der Waals surface area (Å²) in [5, 5.41) is 2.07. The van der Waals surface area contributed by atoms with Crippen LogP contribution in [0.15, 0.2) is 0 Å². The van der Waals surface area contributed by atoms with Crippen LogP contribution in [0.2, 0.25) is 0 Å². The van der Waals surface area contributed by atoms with Crippen LogP contribution in [-0.4, -0.2) is 44.3 Å². The fraction of sp³-hybridized carbons (Fsp3) is 0.889. The second-order valence-electron chi connectivity index (χ2n) is 4.64. The molecule has 5 nitrogen and oxygen atoms in total. The Morgan fingerprint density at radius 1 is 1.22 bits per heavy atom. The SMILES string of the molecule is CC(C)(C)OC(=O)NCCS(=O)(=O)CC(F)(F)F. The van der Waals surface area contributed by atoms with Crippen molar-refractivity contribution in [2.75, 3.05) is 18.1 Å². The summed E-state index contributed by atoms with van der Waals surface area (Å²) in [4.78, 5) is 11.1. The number of carbonyl (C=O) groups is 1. The highest BCUT2D eigenvalue weighted by atomic mass is 32.2. The van der Waals surface area contributed by atoms with Gasteiger partial charge in [0.25, 0.3) is 0 Å². The average Bonchev–Trinajstić information content (AvgIpc) is 1.93. The molecule has 18 heavy (non-hydrogen) atoms. The molecule has 1 N–H and O–H groups in total. The van der Waals surface area contributed by atoms with Crippen molar-refractivity contribution in [3.05, 3.63) is 0 Å². The summed E-state index contributed by atoms with van der Waals surface area (Å²) in [6, 6.07) is 0. The molecule has 0 rings (SSSR count). The first kappa shape index (κ1) is 17.0. The zero-order valence-corrected chi connectivity index (χ0v) is 11.1. The van der Waals surface area contributed by atoms with Crippen molar-refractivity contribution in [3.8, 4) is 0 Å². The molecule has 0 aromatic heterocycles. The highest BCUT2D eigenvalue weighted by Gasteiger charge is 2.34. The van der Waals surface area contributed by atoms with Crippen molar-refractivity contribution in [1.29, 1.82) is 0 Å². The Labute approximate surface area is 104 Å². The highest BCUT2D eigenvalue weighted by molar-refractivity contribution is 7.91. The van der Waals surface area contributed by atoms with Crippen molar-refractivity contribution in [3.63, 3.8) is 0 Å². The van der Waals surface area contributed by atoms with Crippen LogP contribution in [-0.2, 0) is 14.6 Å². The van der Waals surface area contributed by atoms with Crippen LogP contribution in [0.5, 0.6) is 0 Å². The minimum atomic E-state index is -4.77. The van der Waals surface area contributed by atoms with E-state index in [9.17, 15) is 26.4 Å². The second kappa shape index (κ2) is 5.77. The summed E-state index contributed by atoms with van der Waals surface area (Å²) >= 11 is 0. The number of nitrogens with one attached hydrogen (secondary N) is 1. The number of halogens is 3. The van der Waals surface area contributed by atoms with Gasteiger partial charge in [-0.3, -0.25) is 0 Å². The summed E-state index contributed by atoms with van der Waals surface area (Å²) in [7, 11) is -4.27. The quantitative estimate of drug-likeness (QED) is 0.851. The summed E-state index contributed by atoms with van der Waals surface area (Å²) in [5.41, 5.74) is -0.755. The standard InChI is InChI=1S/C9H16F3NO4S/c1-8(2,3)17-7(14)13-4-5-18(15,16)6-9(10,11)12/h4-6H2,1-3H3,(H,13,14). The number of rotatable bonds is 4. The predicted octanol–water partition coefficient (Wildman–Crippen LogP) is 1.49. The molecule has 9 heteroatoms. The molecule has 0 atom stereocenters. The zero-order valence-electron chi connectivity index (χ0n) is 10.3. The van der Waals surface area contributed by atoms with Crippen LogP contribution in [0, 0.1) is 0 Å². The average molecular weight is 291 g/mol. The van der Waals surface area contributed by atoms with Crippen LogP contribution in [0.25, 0.3) is 0 Å². The lowest BCUT2D eigenvalue weighted by molar-refractivity contribution is -0.106. The first-order chi connectivity index (χ1) is 7.81. The minimum Gasteiger partial charge on any atom is -0.444 e. The molecule has 0 saturated carbocycles. The fourth-order valence-electron chi connectivity index (χ4n) is 0.944. The molecule has 0 spiro atoms. The number of ether oxygens (including phenoxy) is 1. The molecule has 0 saturated heterocycles. The van der Waals surface area contributed by atoms with Gasteiger partial charge in [0.05, 0.1) is 5.75 Å². The molecule has 0 aliphatic carbocycles. The molecule has 108 valence electrons. The van der Waals surface area contributed by atoms with E-state index in [2.05, 4.69) is 5.32 Å². The Morgan fingerprint density at radius 2 is 1.72 bits per heavy atom. The van der Waals surface area contributed by atoms with Gasteiger partial charge in [-0.15, -0.1) is 0 Å². The largest absolute Gasteiger partial charge is 0.444 e. The summed E-state index contributed by atoms with van der Waals surface area (Å²) in [5.74, 6) is -2.68. The number of carbonyl (C=O) groups excluding carboxylic acids is 1. The van der Waals surface area contributed by atoms with Crippen LogP contribution in [0.1, 0.15) is 20.8 Å². The van der Waals surface area contributed by atoms with E-state index < -0.39 is 45.8 Å². The van der Waals surface area contributed by atoms with Gasteiger partial charge >= 0.3 is 12.3 Å². The number of hydrogen-bond donors (Lipinski definition) is 1. The Hall–Kier alpha value is -0.990. The second-order valence-corrected chi connectivity index (χ2v) is 6.82. The molecule has 0 unspecified atom stereocenters. The molecule has 1 amide bonds. The first-order valence-electron chi connectivity index (χ1n) is 5.05. The Morgan fingerprint density at radius 3 is 2.11 bits per heavy atom.